The van der Waals surface area contributed by atoms with Crippen LogP contribution in [0.5, 0.6) is 0 Å². The van der Waals surface area contributed by atoms with E-state index in [-0.39, 0.29) is 25.6 Å². The molecule has 0 rings (SSSR count). The van der Waals surface area contributed by atoms with Gasteiger partial charge in [0.1, 0.15) is 19.8 Å². The summed E-state index contributed by atoms with van der Waals surface area (Å²) in [6.07, 6.45) is 49.7. The summed E-state index contributed by atoms with van der Waals surface area (Å²) in [6, 6.07) is 0. The Morgan fingerprint density at radius 1 is 0.484 bits per heavy atom. The molecule has 1 N–H and O–H groups in total. The average Bonchev–Trinajstić information content (AvgIpc) is 3.23. The van der Waals surface area contributed by atoms with E-state index in [0.717, 1.165) is 32.1 Å². The molecule has 0 aliphatic carbocycles. The fraction of sp³-hybridized carbons (Fsp3) is 0.923. The zero-order chi connectivity index (χ0) is 45.7. The number of rotatable bonds is 49. The number of carbonyl (C=O) groups is 2. The van der Waals surface area contributed by atoms with Gasteiger partial charge in [-0.2, -0.15) is 0 Å². The Bertz CT molecular complexity index is 1060. The first kappa shape index (κ1) is 60.8. The molecule has 2 unspecified atom stereocenters. The van der Waals surface area contributed by atoms with Crippen LogP contribution in [0.25, 0.3) is 0 Å². The van der Waals surface area contributed by atoms with Crippen molar-refractivity contribution in [2.45, 2.75) is 264 Å². The second-order valence-corrected chi connectivity index (χ2v) is 20.7. The highest BCUT2D eigenvalue weighted by Gasteiger charge is 2.27. The topological polar surface area (TPSA) is 108 Å². The van der Waals surface area contributed by atoms with Crippen molar-refractivity contribution in [3.8, 4) is 0 Å². The summed E-state index contributed by atoms with van der Waals surface area (Å²) in [4.78, 5) is 35.6. The van der Waals surface area contributed by atoms with E-state index >= 15 is 0 Å². The van der Waals surface area contributed by atoms with E-state index in [9.17, 15) is 19.0 Å². The number of esters is 2. The first-order valence-electron chi connectivity index (χ1n) is 26.4. The lowest BCUT2D eigenvalue weighted by molar-refractivity contribution is -0.870. The van der Waals surface area contributed by atoms with Gasteiger partial charge >= 0.3 is 19.8 Å². The minimum Gasteiger partial charge on any atom is -0.462 e. The number of ether oxygens (including phenoxy) is 2. The second kappa shape index (κ2) is 44.9. The molecule has 9 nitrogen and oxygen atoms in total. The van der Waals surface area contributed by atoms with Gasteiger partial charge in [0.25, 0.3) is 0 Å². The molecule has 0 aromatic carbocycles. The Hall–Kier alpha value is -1.25. The Kier molecular flexibility index (Phi) is 44.0. The smallest absolute Gasteiger partial charge is 0.462 e. The highest BCUT2D eigenvalue weighted by Crippen LogP contribution is 2.43. The van der Waals surface area contributed by atoms with Gasteiger partial charge in [0.15, 0.2) is 6.10 Å². The third-order valence-corrected chi connectivity index (χ3v) is 12.8. The van der Waals surface area contributed by atoms with Crippen LogP contribution in [0, 0.1) is 0 Å². The third-order valence-electron chi connectivity index (χ3n) is 11.8. The zero-order valence-corrected chi connectivity index (χ0v) is 42.5. The van der Waals surface area contributed by atoms with Gasteiger partial charge in [-0.3, -0.25) is 18.6 Å². The number of carbonyl (C=O) groups excluding carboxylic acids is 2. The van der Waals surface area contributed by atoms with Crippen molar-refractivity contribution in [3.63, 3.8) is 0 Å². The van der Waals surface area contributed by atoms with E-state index in [1.807, 2.05) is 21.1 Å². The Labute approximate surface area is 384 Å². The summed E-state index contributed by atoms with van der Waals surface area (Å²) in [5.41, 5.74) is 0. The first-order chi connectivity index (χ1) is 30.0. The maximum atomic E-state index is 12.8. The van der Waals surface area contributed by atoms with Crippen molar-refractivity contribution in [1.29, 1.82) is 0 Å². The van der Waals surface area contributed by atoms with Crippen molar-refractivity contribution in [1.82, 2.24) is 0 Å². The van der Waals surface area contributed by atoms with Crippen LogP contribution in [0.15, 0.2) is 12.2 Å². The number of likely N-dealkylation sites (N-methyl/N-ethyl adjacent to an activating group) is 1. The van der Waals surface area contributed by atoms with Gasteiger partial charge in [-0.15, -0.1) is 0 Å². The quantitative estimate of drug-likeness (QED) is 0.0211. The number of phosphoric acid groups is 1. The summed E-state index contributed by atoms with van der Waals surface area (Å²) in [6.45, 7) is 4.47. The van der Waals surface area contributed by atoms with Crippen molar-refractivity contribution < 1.29 is 42.1 Å². The van der Waals surface area contributed by atoms with Crippen LogP contribution in [0.1, 0.15) is 258 Å². The monoisotopic (exact) mass is 901 g/mol. The molecule has 0 radical (unpaired) electrons. The van der Waals surface area contributed by atoms with Crippen LogP contribution >= 0.6 is 7.82 Å². The van der Waals surface area contributed by atoms with Gasteiger partial charge in [-0.25, -0.2) is 4.57 Å². The molecule has 0 saturated heterocycles. The zero-order valence-electron chi connectivity index (χ0n) is 41.6. The molecule has 0 aliphatic rings. The number of hydrogen-bond acceptors (Lipinski definition) is 7. The number of hydrogen-bond donors (Lipinski definition) is 1. The molecular weight excluding hydrogens is 798 g/mol. The molecule has 0 amide bonds. The Morgan fingerprint density at radius 2 is 0.823 bits per heavy atom. The molecular formula is C52H103NO8P+. The molecule has 0 spiro atoms. The van der Waals surface area contributed by atoms with Gasteiger partial charge < -0.3 is 18.9 Å². The standard InChI is InChI=1S/C52H102NO8P/c1-6-8-10-12-14-16-18-20-22-24-25-26-27-29-31-33-35-37-39-41-43-45-52(55)61-50(49-60-62(56,57)59-47-46-53(3,4)5)48-58-51(54)44-42-40-38-36-34-32-30-28-23-21-19-17-15-13-11-9-7-2/h24-25,50H,6-23,26-49H2,1-5H3/p+1/b25-24-. The highest BCUT2D eigenvalue weighted by atomic mass is 31.2. The second-order valence-electron chi connectivity index (χ2n) is 19.3. The predicted molar refractivity (Wildman–Crippen MR) is 261 cm³/mol. The molecule has 2 atom stereocenters. The van der Waals surface area contributed by atoms with Gasteiger partial charge in [-0.1, -0.05) is 219 Å². The van der Waals surface area contributed by atoms with Crippen LogP contribution in [0.2, 0.25) is 0 Å². The molecule has 0 saturated carbocycles. The lowest BCUT2D eigenvalue weighted by atomic mass is 10.0. The van der Waals surface area contributed by atoms with E-state index in [1.165, 1.54) is 193 Å². The Morgan fingerprint density at radius 3 is 1.19 bits per heavy atom. The van der Waals surface area contributed by atoms with Gasteiger partial charge in [0.05, 0.1) is 27.7 Å². The van der Waals surface area contributed by atoms with Gasteiger partial charge in [0.2, 0.25) is 0 Å². The first-order valence-corrected chi connectivity index (χ1v) is 27.9. The fourth-order valence-corrected chi connectivity index (χ4v) is 8.40. The summed E-state index contributed by atoms with van der Waals surface area (Å²) in [5.74, 6) is -0.784. The van der Waals surface area contributed by atoms with E-state index in [1.54, 1.807) is 0 Å². The lowest BCUT2D eigenvalue weighted by Gasteiger charge is -2.24. The van der Waals surface area contributed by atoms with Crippen molar-refractivity contribution >= 4 is 19.8 Å². The minimum absolute atomic E-state index is 0.0349. The number of quaternary nitrogens is 1. The van der Waals surface area contributed by atoms with Crippen LogP contribution < -0.4 is 0 Å². The number of phosphoric ester groups is 1. The fourth-order valence-electron chi connectivity index (χ4n) is 7.66. The molecule has 368 valence electrons. The van der Waals surface area contributed by atoms with Crippen LogP contribution in [0.3, 0.4) is 0 Å². The highest BCUT2D eigenvalue weighted by molar-refractivity contribution is 7.47. The van der Waals surface area contributed by atoms with Crippen molar-refractivity contribution in [2.75, 3.05) is 47.5 Å². The van der Waals surface area contributed by atoms with Gasteiger partial charge in [0, 0.05) is 12.8 Å². The van der Waals surface area contributed by atoms with Crippen LogP contribution in [-0.4, -0.2) is 74.9 Å². The van der Waals surface area contributed by atoms with E-state index in [2.05, 4.69) is 26.0 Å². The van der Waals surface area contributed by atoms with Crippen LogP contribution in [0.4, 0.5) is 0 Å². The molecule has 0 heterocycles. The normalized spacial score (nSPS) is 13.5. The largest absolute Gasteiger partial charge is 0.472 e. The minimum atomic E-state index is -4.38. The molecule has 0 aromatic rings. The van der Waals surface area contributed by atoms with Gasteiger partial charge in [-0.05, 0) is 38.5 Å². The summed E-state index contributed by atoms with van der Waals surface area (Å²) in [7, 11) is 1.49. The SMILES string of the molecule is CCCCCCCCCC/C=C\CCCCCCCCCCCC(=O)OC(COC(=O)CCCCCCCCCCCCCCCCCCC)COP(=O)(O)OCC[N+](C)(C)C. The maximum Gasteiger partial charge on any atom is 0.472 e. The van der Waals surface area contributed by atoms with E-state index in [0.29, 0.717) is 23.9 Å². The lowest BCUT2D eigenvalue weighted by Crippen LogP contribution is -2.37. The average molecular weight is 901 g/mol. The molecule has 0 aromatic heterocycles. The predicted octanol–water partition coefficient (Wildman–Crippen LogP) is 15.7. The van der Waals surface area contributed by atoms with E-state index in [4.69, 9.17) is 18.5 Å². The molecule has 10 heteroatoms. The Balaban J connectivity index is 4.20. The van der Waals surface area contributed by atoms with E-state index < -0.39 is 26.5 Å². The molecule has 0 fully saturated rings. The number of nitrogens with zero attached hydrogens (tertiary/aromatic N) is 1. The van der Waals surface area contributed by atoms with Crippen molar-refractivity contribution in [3.05, 3.63) is 12.2 Å². The summed E-state index contributed by atoms with van der Waals surface area (Å²) in [5, 5.41) is 0. The number of allylic oxidation sites excluding steroid dienone is 2. The summed E-state index contributed by atoms with van der Waals surface area (Å²) >= 11 is 0. The molecule has 62 heavy (non-hydrogen) atoms. The van der Waals surface area contributed by atoms with Crippen LogP contribution in [-0.2, 0) is 32.7 Å². The molecule has 0 aliphatic heterocycles. The molecule has 0 bridgehead atoms. The van der Waals surface area contributed by atoms with Crippen molar-refractivity contribution in [2.24, 2.45) is 0 Å². The summed E-state index contributed by atoms with van der Waals surface area (Å²) < 4.78 is 34.5. The number of unbranched alkanes of at least 4 members (excludes halogenated alkanes) is 33. The third kappa shape index (κ3) is 48.2. The maximum absolute atomic E-state index is 12.8.